The molecule has 1 aliphatic heterocycles. The van der Waals surface area contributed by atoms with E-state index in [0.717, 1.165) is 31.6 Å². The first-order chi connectivity index (χ1) is 8.99. The summed E-state index contributed by atoms with van der Waals surface area (Å²) in [5.41, 5.74) is 6.39. The molecule has 1 saturated heterocycles. The molecule has 1 amide bonds. The molecule has 0 atom stereocenters. The van der Waals surface area contributed by atoms with Gasteiger partial charge in [0.25, 0.3) is 5.91 Å². The van der Waals surface area contributed by atoms with Crippen LogP contribution in [0.1, 0.15) is 23.2 Å². The van der Waals surface area contributed by atoms with Crippen molar-refractivity contribution < 1.29 is 9.90 Å². The van der Waals surface area contributed by atoms with Gasteiger partial charge in [0.1, 0.15) is 5.75 Å². The van der Waals surface area contributed by atoms with E-state index in [1.54, 1.807) is 6.07 Å². The number of phenols is 1. The number of benzene rings is 1. The van der Waals surface area contributed by atoms with E-state index in [9.17, 15) is 9.90 Å². The fourth-order valence-electron chi connectivity index (χ4n) is 2.56. The second-order valence-electron chi connectivity index (χ2n) is 5.25. The smallest absolute Gasteiger partial charge is 0.252 e. The van der Waals surface area contributed by atoms with E-state index in [1.165, 1.54) is 6.07 Å². The summed E-state index contributed by atoms with van der Waals surface area (Å²) in [4.78, 5) is 15.7. The van der Waals surface area contributed by atoms with Crippen LogP contribution < -0.4 is 10.6 Å². The van der Waals surface area contributed by atoms with Crippen LogP contribution in [0.25, 0.3) is 0 Å². The summed E-state index contributed by atoms with van der Waals surface area (Å²) in [6.07, 6.45) is 2.19. The topological polar surface area (TPSA) is 69.8 Å². The number of anilines is 1. The van der Waals surface area contributed by atoms with Crippen molar-refractivity contribution in [2.45, 2.75) is 18.9 Å². The first-order valence-corrected chi connectivity index (χ1v) is 6.53. The number of carbonyl (C=O) groups is 1. The first kappa shape index (κ1) is 13.7. The number of rotatable bonds is 3. The number of aromatic hydroxyl groups is 1. The number of nitrogens with two attached hydrogens (primary N) is 1. The Morgan fingerprint density at radius 3 is 2.53 bits per heavy atom. The molecule has 1 fully saturated rings. The zero-order valence-corrected chi connectivity index (χ0v) is 11.5. The highest BCUT2D eigenvalue weighted by Gasteiger charge is 2.21. The lowest BCUT2D eigenvalue weighted by Gasteiger charge is -2.36. The highest BCUT2D eigenvalue weighted by atomic mass is 16.3. The Kier molecular flexibility index (Phi) is 3.95. The van der Waals surface area contributed by atoms with Crippen molar-refractivity contribution in [3.05, 3.63) is 23.8 Å². The molecule has 1 aliphatic rings. The summed E-state index contributed by atoms with van der Waals surface area (Å²) in [5.74, 6) is -0.651. The lowest BCUT2D eigenvalue weighted by Crippen LogP contribution is -2.42. The van der Waals surface area contributed by atoms with Crippen LogP contribution in [0.4, 0.5) is 5.69 Å². The van der Waals surface area contributed by atoms with Gasteiger partial charge in [-0.2, -0.15) is 0 Å². The van der Waals surface area contributed by atoms with Gasteiger partial charge >= 0.3 is 0 Å². The van der Waals surface area contributed by atoms with Crippen LogP contribution in [0.5, 0.6) is 5.75 Å². The molecule has 19 heavy (non-hydrogen) atoms. The fourth-order valence-corrected chi connectivity index (χ4v) is 2.56. The van der Waals surface area contributed by atoms with Crippen LogP contribution in [-0.4, -0.2) is 49.1 Å². The van der Waals surface area contributed by atoms with Gasteiger partial charge in [0.2, 0.25) is 0 Å². The van der Waals surface area contributed by atoms with Crippen LogP contribution in [0.3, 0.4) is 0 Å². The molecule has 5 nitrogen and oxygen atoms in total. The van der Waals surface area contributed by atoms with E-state index in [4.69, 9.17) is 5.73 Å². The van der Waals surface area contributed by atoms with Crippen LogP contribution in [0, 0.1) is 0 Å². The zero-order chi connectivity index (χ0) is 14.0. The molecule has 1 heterocycles. The molecule has 0 radical (unpaired) electrons. The molecule has 3 N–H and O–H groups in total. The maximum Gasteiger partial charge on any atom is 0.252 e. The molecule has 0 unspecified atom stereocenters. The van der Waals surface area contributed by atoms with Gasteiger partial charge in [-0.05, 0) is 45.1 Å². The molecule has 0 aliphatic carbocycles. The Bertz CT molecular complexity index is 466. The van der Waals surface area contributed by atoms with Gasteiger partial charge in [0, 0.05) is 24.8 Å². The third-order valence-corrected chi connectivity index (χ3v) is 3.81. The van der Waals surface area contributed by atoms with E-state index in [0.29, 0.717) is 6.04 Å². The Hall–Kier alpha value is -1.75. The van der Waals surface area contributed by atoms with E-state index in [-0.39, 0.29) is 11.3 Å². The number of nitrogens with zero attached hydrogens (tertiary/aromatic N) is 2. The van der Waals surface area contributed by atoms with Crippen LogP contribution in [0.2, 0.25) is 0 Å². The van der Waals surface area contributed by atoms with Crippen molar-refractivity contribution in [2.24, 2.45) is 5.73 Å². The third-order valence-electron chi connectivity index (χ3n) is 3.81. The summed E-state index contributed by atoms with van der Waals surface area (Å²) >= 11 is 0. The largest absolute Gasteiger partial charge is 0.507 e. The number of hydrogen-bond acceptors (Lipinski definition) is 4. The van der Waals surface area contributed by atoms with Crippen molar-refractivity contribution in [1.82, 2.24) is 4.90 Å². The van der Waals surface area contributed by atoms with Gasteiger partial charge in [-0.3, -0.25) is 4.79 Å². The second-order valence-corrected chi connectivity index (χ2v) is 5.25. The Morgan fingerprint density at radius 1 is 1.37 bits per heavy atom. The molecule has 0 spiro atoms. The standard InChI is InChI=1S/C14H21N3O2/c1-16(2)10-5-7-17(8-6-10)11-3-4-13(18)12(9-11)14(15)19/h3-4,9-10,18H,5-8H2,1-2H3,(H2,15,19). The van der Waals surface area contributed by atoms with Crippen molar-refractivity contribution in [1.29, 1.82) is 0 Å². The summed E-state index contributed by atoms with van der Waals surface area (Å²) in [6.45, 7) is 1.90. The van der Waals surface area contributed by atoms with Crippen LogP contribution in [0.15, 0.2) is 18.2 Å². The maximum absolute atomic E-state index is 11.2. The van der Waals surface area contributed by atoms with Crippen molar-refractivity contribution >= 4 is 11.6 Å². The summed E-state index contributed by atoms with van der Waals surface area (Å²) in [6, 6.07) is 5.66. The predicted molar refractivity (Wildman–Crippen MR) is 75.5 cm³/mol. The lowest BCUT2D eigenvalue weighted by molar-refractivity contribution is 0.0998. The molecule has 0 aromatic heterocycles. The molecular weight excluding hydrogens is 242 g/mol. The number of piperidine rings is 1. The normalized spacial score (nSPS) is 16.9. The number of hydrogen-bond donors (Lipinski definition) is 2. The van der Waals surface area contributed by atoms with Gasteiger partial charge in [-0.1, -0.05) is 0 Å². The fraction of sp³-hybridized carbons (Fsp3) is 0.500. The van der Waals surface area contributed by atoms with E-state index in [2.05, 4.69) is 23.9 Å². The highest BCUT2D eigenvalue weighted by Crippen LogP contribution is 2.26. The van der Waals surface area contributed by atoms with Gasteiger partial charge in [0.15, 0.2) is 0 Å². The average molecular weight is 263 g/mol. The molecule has 1 aromatic carbocycles. The molecule has 1 aromatic rings. The minimum Gasteiger partial charge on any atom is -0.507 e. The molecule has 5 heteroatoms. The van der Waals surface area contributed by atoms with Gasteiger partial charge in [-0.15, -0.1) is 0 Å². The number of amides is 1. The Morgan fingerprint density at radius 2 is 2.00 bits per heavy atom. The van der Waals surface area contributed by atoms with Gasteiger partial charge in [-0.25, -0.2) is 0 Å². The van der Waals surface area contributed by atoms with E-state index < -0.39 is 5.91 Å². The van der Waals surface area contributed by atoms with Gasteiger partial charge in [0.05, 0.1) is 5.56 Å². The number of carbonyl (C=O) groups excluding carboxylic acids is 1. The molecule has 2 rings (SSSR count). The van der Waals surface area contributed by atoms with Crippen LogP contribution in [-0.2, 0) is 0 Å². The molecule has 0 bridgehead atoms. The Balaban J connectivity index is 2.12. The third kappa shape index (κ3) is 2.98. The molecular formula is C14H21N3O2. The maximum atomic E-state index is 11.2. The van der Waals surface area contributed by atoms with E-state index >= 15 is 0 Å². The zero-order valence-electron chi connectivity index (χ0n) is 11.5. The number of primary amides is 1. The van der Waals surface area contributed by atoms with Crippen molar-refractivity contribution in [3.8, 4) is 5.75 Å². The lowest BCUT2D eigenvalue weighted by atomic mass is 10.0. The highest BCUT2D eigenvalue weighted by molar-refractivity contribution is 5.96. The molecule has 104 valence electrons. The minimum atomic E-state index is -0.595. The summed E-state index contributed by atoms with van der Waals surface area (Å²) in [7, 11) is 4.21. The second kappa shape index (κ2) is 5.48. The monoisotopic (exact) mass is 263 g/mol. The SMILES string of the molecule is CN(C)C1CCN(c2ccc(O)c(C(N)=O)c2)CC1. The van der Waals surface area contributed by atoms with Crippen LogP contribution >= 0.6 is 0 Å². The predicted octanol–water partition coefficient (Wildman–Crippen LogP) is 1.02. The first-order valence-electron chi connectivity index (χ1n) is 6.53. The van der Waals surface area contributed by atoms with E-state index in [1.807, 2.05) is 6.07 Å². The van der Waals surface area contributed by atoms with Gasteiger partial charge < -0.3 is 20.6 Å². The summed E-state index contributed by atoms with van der Waals surface area (Å²) in [5, 5.41) is 9.59. The Labute approximate surface area is 113 Å². The van der Waals surface area contributed by atoms with Crippen molar-refractivity contribution in [3.63, 3.8) is 0 Å². The molecule has 0 saturated carbocycles. The quantitative estimate of drug-likeness (QED) is 0.854. The summed E-state index contributed by atoms with van der Waals surface area (Å²) < 4.78 is 0. The average Bonchev–Trinajstić information content (AvgIpc) is 2.39. The van der Waals surface area contributed by atoms with Crippen molar-refractivity contribution in [2.75, 3.05) is 32.1 Å². The minimum absolute atomic E-state index is 0.0561.